The monoisotopic (exact) mass is 780 g/mol. The maximum atomic E-state index is 13.1. The Hall–Kier alpha value is -5.87. The van der Waals surface area contributed by atoms with E-state index in [9.17, 15) is 28.8 Å². The van der Waals surface area contributed by atoms with Crippen molar-refractivity contribution in [2.24, 2.45) is 0 Å². The van der Waals surface area contributed by atoms with Crippen LogP contribution in [-0.2, 0) is 26.7 Å². The van der Waals surface area contributed by atoms with Crippen molar-refractivity contribution >= 4 is 52.9 Å². The molecule has 0 radical (unpaired) electrons. The second kappa shape index (κ2) is 18.6. The zero-order valence-corrected chi connectivity index (χ0v) is 31.8. The summed E-state index contributed by atoms with van der Waals surface area (Å²) in [6, 6.07) is 18.8. The molecule has 56 heavy (non-hydrogen) atoms. The molecule has 2 aliphatic rings. The largest absolute Gasteiger partial charge is 0.385 e. The first kappa shape index (κ1) is 39.8. The van der Waals surface area contributed by atoms with Crippen molar-refractivity contribution in [2.75, 3.05) is 18.9 Å². The number of aromatic nitrogens is 3. The maximum Gasteiger partial charge on any atom is 0.274 e. The van der Waals surface area contributed by atoms with Gasteiger partial charge >= 0.3 is 0 Å². The SMILES string of the molecule is CN(Cc1cccc(SCc2cn(-c3cccc(C(=O)NO)c3)nn2)c1)C(=O)CCCCCCCCNc1ccc2c(c1)C(=O)N(C1CCC(=O)NC1=O)C2=O. The van der Waals surface area contributed by atoms with Gasteiger partial charge in [-0.3, -0.25) is 44.2 Å². The lowest BCUT2D eigenvalue weighted by Crippen LogP contribution is -2.54. The number of amides is 6. The van der Waals surface area contributed by atoms with Crippen LogP contribution in [0.4, 0.5) is 5.69 Å². The fraction of sp³-hybridized carbons (Fsp3) is 0.350. The first-order chi connectivity index (χ1) is 27.1. The van der Waals surface area contributed by atoms with Crippen LogP contribution in [0.5, 0.6) is 0 Å². The van der Waals surface area contributed by atoms with E-state index >= 15 is 0 Å². The van der Waals surface area contributed by atoms with Gasteiger partial charge in [0.25, 0.3) is 17.7 Å². The summed E-state index contributed by atoms with van der Waals surface area (Å²) in [6.07, 6.45) is 8.30. The molecule has 4 N–H and O–H groups in total. The summed E-state index contributed by atoms with van der Waals surface area (Å²) in [7, 11) is 1.83. The van der Waals surface area contributed by atoms with Crippen LogP contribution in [0, 0.1) is 0 Å². The molecule has 1 aromatic heterocycles. The molecule has 3 heterocycles. The molecule has 2 aliphatic heterocycles. The van der Waals surface area contributed by atoms with Gasteiger partial charge in [-0.25, -0.2) is 10.2 Å². The number of thioether (sulfide) groups is 1. The number of carbonyl (C=O) groups excluding carboxylic acids is 6. The summed E-state index contributed by atoms with van der Waals surface area (Å²) in [5.41, 5.74) is 5.62. The number of piperidine rings is 1. The summed E-state index contributed by atoms with van der Waals surface area (Å²) >= 11 is 1.61. The topological polar surface area (TPSA) is 196 Å². The third-order valence-electron chi connectivity index (χ3n) is 9.73. The zero-order valence-electron chi connectivity index (χ0n) is 31.0. The van der Waals surface area contributed by atoms with E-state index in [1.54, 1.807) is 75.5 Å². The average Bonchev–Trinajstić information content (AvgIpc) is 3.78. The van der Waals surface area contributed by atoms with Crippen molar-refractivity contribution in [3.05, 3.63) is 101 Å². The van der Waals surface area contributed by atoms with Crippen LogP contribution >= 0.6 is 11.8 Å². The zero-order chi connectivity index (χ0) is 39.6. The number of nitrogens with one attached hydrogen (secondary N) is 3. The summed E-state index contributed by atoms with van der Waals surface area (Å²) in [4.78, 5) is 78.2. The molecule has 4 aromatic rings. The third kappa shape index (κ3) is 9.86. The van der Waals surface area contributed by atoms with E-state index in [-0.39, 0.29) is 29.9 Å². The highest BCUT2D eigenvalue weighted by atomic mass is 32.2. The normalized spacial score (nSPS) is 15.1. The van der Waals surface area contributed by atoms with E-state index in [0.29, 0.717) is 36.5 Å². The molecule has 1 fully saturated rings. The van der Waals surface area contributed by atoms with Crippen LogP contribution in [0.15, 0.2) is 77.8 Å². The Balaban J connectivity index is 0.844. The van der Waals surface area contributed by atoms with Crippen molar-refractivity contribution in [2.45, 2.75) is 81.0 Å². The average molecular weight is 781 g/mol. The van der Waals surface area contributed by atoms with Crippen molar-refractivity contribution in [3.8, 4) is 5.69 Å². The van der Waals surface area contributed by atoms with Gasteiger partial charge in [0.15, 0.2) is 0 Å². The first-order valence-corrected chi connectivity index (χ1v) is 19.6. The third-order valence-corrected chi connectivity index (χ3v) is 10.8. The highest BCUT2D eigenvalue weighted by Gasteiger charge is 2.44. The Bertz CT molecular complexity index is 2120. The summed E-state index contributed by atoms with van der Waals surface area (Å²) in [6.45, 7) is 1.22. The molecule has 0 aliphatic carbocycles. The number of imide groups is 2. The maximum absolute atomic E-state index is 13.1. The molecular formula is C40H44N8O7S. The lowest BCUT2D eigenvalue weighted by atomic mass is 10.0. The van der Waals surface area contributed by atoms with Crippen molar-refractivity contribution in [1.29, 1.82) is 0 Å². The van der Waals surface area contributed by atoms with Crippen LogP contribution in [-0.4, -0.2) is 85.1 Å². The number of benzene rings is 3. The van der Waals surface area contributed by atoms with Crippen LogP contribution in [0.3, 0.4) is 0 Å². The number of carbonyl (C=O) groups is 6. The van der Waals surface area contributed by atoms with Gasteiger partial charge < -0.3 is 10.2 Å². The quantitative estimate of drug-likeness (QED) is 0.0353. The highest BCUT2D eigenvalue weighted by molar-refractivity contribution is 7.98. The second-order valence-corrected chi connectivity index (χ2v) is 14.9. The molecule has 15 nitrogen and oxygen atoms in total. The fourth-order valence-corrected chi connectivity index (χ4v) is 7.57. The van der Waals surface area contributed by atoms with Gasteiger partial charge in [-0.05, 0) is 73.4 Å². The lowest BCUT2D eigenvalue weighted by molar-refractivity contribution is -0.136. The summed E-state index contributed by atoms with van der Waals surface area (Å²) in [5.74, 6) is -1.98. The van der Waals surface area contributed by atoms with Gasteiger partial charge in [0.1, 0.15) is 6.04 Å². The predicted molar refractivity (Wildman–Crippen MR) is 207 cm³/mol. The Morgan fingerprint density at radius 2 is 1.70 bits per heavy atom. The molecule has 0 spiro atoms. The van der Waals surface area contributed by atoms with Gasteiger partial charge in [0, 0.05) is 54.9 Å². The Labute approximate surface area is 328 Å². The van der Waals surface area contributed by atoms with Crippen molar-refractivity contribution in [1.82, 2.24) is 35.6 Å². The molecule has 16 heteroatoms. The predicted octanol–water partition coefficient (Wildman–Crippen LogP) is 4.88. The van der Waals surface area contributed by atoms with Gasteiger partial charge in [-0.15, -0.1) is 16.9 Å². The first-order valence-electron chi connectivity index (χ1n) is 18.6. The van der Waals surface area contributed by atoms with Crippen LogP contribution in [0.2, 0.25) is 0 Å². The molecule has 0 saturated carbocycles. The van der Waals surface area contributed by atoms with E-state index in [1.807, 2.05) is 25.2 Å². The standard InChI is InChI=1S/C40H44N8O7S/c1-46(23-26-10-8-13-31(20-26)56-25-29-24-47(45-43-29)30-12-9-11-27(21-30)37(51)44-55)36(50)14-6-4-2-3-5-7-19-41-28-15-16-32-33(22-28)40(54)48(39(32)53)34-17-18-35(49)42-38(34)52/h8-13,15-16,20-22,24,34,41,55H,2-7,14,17-19,23,25H2,1H3,(H,44,51)(H,42,49,52). The van der Waals surface area contributed by atoms with Gasteiger partial charge in [-0.1, -0.05) is 49.1 Å². The molecule has 1 saturated heterocycles. The molecule has 3 aromatic carbocycles. The van der Waals surface area contributed by atoms with E-state index in [1.165, 1.54) is 0 Å². The van der Waals surface area contributed by atoms with E-state index in [0.717, 1.165) is 65.3 Å². The van der Waals surface area contributed by atoms with E-state index in [4.69, 9.17) is 5.21 Å². The number of nitrogens with zero attached hydrogens (tertiary/aromatic N) is 5. The highest BCUT2D eigenvalue weighted by Crippen LogP contribution is 2.30. The number of anilines is 1. The second-order valence-electron chi connectivity index (χ2n) is 13.8. The number of rotatable bonds is 18. The molecule has 6 rings (SSSR count). The summed E-state index contributed by atoms with van der Waals surface area (Å²) in [5, 5.41) is 22.9. The number of hydrogen-bond donors (Lipinski definition) is 4. The van der Waals surface area contributed by atoms with Crippen molar-refractivity contribution in [3.63, 3.8) is 0 Å². The minimum Gasteiger partial charge on any atom is -0.385 e. The fourth-order valence-electron chi connectivity index (χ4n) is 6.71. The summed E-state index contributed by atoms with van der Waals surface area (Å²) < 4.78 is 1.58. The number of hydrogen-bond acceptors (Lipinski definition) is 11. The smallest absolute Gasteiger partial charge is 0.274 e. The molecule has 292 valence electrons. The Kier molecular flexibility index (Phi) is 13.3. The van der Waals surface area contributed by atoms with Crippen molar-refractivity contribution < 1.29 is 34.0 Å². The Morgan fingerprint density at radius 1 is 0.929 bits per heavy atom. The van der Waals surface area contributed by atoms with E-state index in [2.05, 4.69) is 27.0 Å². The number of unbranched alkanes of at least 4 members (excludes halogenated alkanes) is 5. The van der Waals surface area contributed by atoms with Crippen LogP contribution in [0.25, 0.3) is 5.69 Å². The minimum atomic E-state index is -0.983. The molecule has 6 amide bonds. The van der Waals surface area contributed by atoms with Gasteiger partial charge in [0.05, 0.1) is 28.7 Å². The Morgan fingerprint density at radius 3 is 2.50 bits per heavy atom. The van der Waals surface area contributed by atoms with Gasteiger partial charge in [0.2, 0.25) is 17.7 Å². The number of hydroxylamine groups is 1. The van der Waals surface area contributed by atoms with Crippen LogP contribution < -0.4 is 16.1 Å². The minimum absolute atomic E-state index is 0.0801. The molecule has 0 bridgehead atoms. The molecular weight excluding hydrogens is 737 g/mol. The number of fused-ring (bicyclic) bond motifs is 1. The van der Waals surface area contributed by atoms with Gasteiger partial charge in [-0.2, -0.15) is 0 Å². The molecule has 1 unspecified atom stereocenters. The molecule has 1 atom stereocenters. The lowest BCUT2D eigenvalue weighted by Gasteiger charge is -2.27. The van der Waals surface area contributed by atoms with Crippen LogP contribution in [0.1, 0.15) is 100 Å². The van der Waals surface area contributed by atoms with E-state index < -0.39 is 35.6 Å².